The molecule has 1 aliphatic heterocycles. The van der Waals surface area contributed by atoms with Crippen molar-refractivity contribution in [1.29, 1.82) is 0 Å². The van der Waals surface area contributed by atoms with Crippen LogP contribution in [0.3, 0.4) is 0 Å². The molecule has 0 bridgehead atoms. The minimum atomic E-state index is -0.625. The predicted octanol–water partition coefficient (Wildman–Crippen LogP) is 4.74. The Balaban J connectivity index is 1.51. The van der Waals surface area contributed by atoms with Crippen LogP contribution >= 0.6 is 23.2 Å². The van der Waals surface area contributed by atoms with E-state index in [0.29, 0.717) is 31.2 Å². The van der Waals surface area contributed by atoms with Gasteiger partial charge < -0.3 is 9.42 Å². The first kappa shape index (κ1) is 22.5. The van der Waals surface area contributed by atoms with Gasteiger partial charge in [0.15, 0.2) is 0 Å². The molecule has 4 rings (SSSR count). The maximum Gasteiger partial charge on any atom is 0.344 e. The number of allylic oxidation sites excluding steroid dienone is 3. The van der Waals surface area contributed by atoms with Crippen molar-refractivity contribution in [2.75, 3.05) is 26.2 Å². The van der Waals surface area contributed by atoms with Crippen molar-refractivity contribution in [2.45, 2.75) is 19.4 Å². The molecule has 0 N–H and O–H groups in total. The molecule has 0 saturated carbocycles. The van der Waals surface area contributed by atoms with Gasteiger partial charge >= 0.3 is 5.69 Å². The standard InChI is InChI=1S/C22H22Cl2N4O4/c1-14-20(28(30)31)19(25-32-14)22(29)27-12-10-26(11-13-27)21(15-2-6-17(23)7-3-15)16-4-8-18(24)9-5-16/h2-4,6-9,16,21H,5,10-13H2,1H3. The molecular formula is C22H22Cl2N4O4. The van der Waals surface area contributed by atoms with E-state index in [1.165, 1.54) is 6.92 Å². The number of carbonyl (C=O) groups is 1. The molecule has 1 aromatic heterocycles. The first-order valence-electron chi connectivity index (χ1n) is 10.3. The zero-order valence-electron chi connectivity index (χ0n) is 17.4. The summed E-state index contributed by atoms with van der Waals surface area (Å²) in [6, 6.07) is 7.90. The van der Waals surface area contributed by atoms with Crippen LogP contribution < -0.4 is 0 Å². The molecule has 1 aromatic carbocycles. The Bertz CT molecular complexity index is 1070. The van der Waals surface area contributed by atoms with Crippen LogP contribution in [0.5, 0.6) is 0 Å². The van der Waals surface area contributed by atoms with E-state index in [2.05, 4.69) is 16.1 Å². The van der Waals surface area contributed by atoms with Crippen LogP contribution in [0.1, 0.15) is 34.3 Å². The molecule has 168 valence electrons. The molecule has 2 aromatic rings. The highest BCUT2D eigenvalue weighted by molar-refractivity contribution is 6.31. The van der Waals surface area contributed by atoms with Crippen molar-refractivity contribution in [3.63, 3.8) is 0 Å². The Morgan fingerprint density at radius 3 is 2.50 bits per heavy atom. The summed E-state index contributed by atoms with van der Waals surface area (Å²) in [4.78, 5) is 27.5. The number of rotatable bonds is 5. The Morgan fingerprint density at radius 1 is 1.22 bits per heavy atom. The van der Waals surface area contributed by atoms with E-state index in [9.17, 15) is 14.9 Å². The summed E-state index contributed by atoms with van der Waals surface area (Å²) in [5.41, 5.74) is 0.524. The molecular weight excluding hydrogens is 455 g/mol. The summed E-state index contributed by atoms with van der Waals surface area (Å²) in [6.45, 7) is 3.52. The van der Waals surface area contributed by atoms with Crippen LogP contribution in [-0.2, 0) is 0 Å². The Morgan fingerprint density at radius 2 is 1.91 bits per heavy atom. The third kappa shape index (κ3) is 4.57. The van der Waals surface area contributed by atoms with E-state index in [1.54, 1.807) is 4.90 Å². The SMILES string of the molecule is Cc1onc(C(=O)N2CCN(C(c3ccc(Cl)cc3)C3C=CC(Cl)=CC3)CC2)c1[N+](=O)[O-]. The number of nitrogens with zero attached hydrogens (tertiary/aromatic N) is 4. The summed E-state index contributed by atoms with van der Waals surface area (Å²) < 4.78 is 4.90. The quantitative estimate of drug-likeness (QED) is 0.456. The second-order valence-electron chi connectivity index (χ2n) is 7.87. The number of hydrogen-bond acceptors (Lipinski definition) is 6. The summed E-state index contributed by atoms with van der Waals surface area (Å²) in [7, 11) is 0. The van der Waals surface area contributed by atoms with Crippen molar-refractivity contribution in [2.24, 2.45) is 5.92 Å². The maximum atomic E-state index is 12.9. The van der Waals surface area contributed by atoms with Gasteiger partial charge in [-0.2, -0.15) is 0 Å². The predicted molar refractivity (Wildman–Crippen MR) is 121 cm³/mol. The van der Waals surface area contributed by atoms with Gasteiger partial charge in [0.25, 0.3) is 5.91 Å². The minimum absolute atomic E-state index is 0.0237. The summed E-state index contributed by atoms with van der Waals surface area (Å²) in [5, 5.41) is 16.4. The van der Waals surface area contributed by atoms with Gasteiger partial charge in [-0.1, -0.05) is 52.6 Å². The van der Waals surface area contributed by atoms with Gasteiger partial charge in [0.2, 0.25) is 11.5 Å². The van der Waals surface area contributed by atoms with Gasteiger partial charge in [-0.25, -0.2) is 0 Å². The lowest BCUT2D eigenvalue weighted by molar-refractivity contribution is -0.386. The average Bonchev–Trinajstić information content (AvgIpc) is 3.18. The number of nitro groups is 1. The highest BCUT2D eigenvalue weighted by atomic mass is 35.5. The fraction of sp³-hybridized carbons (Fsp3) is 0.364. The second-order valence-corrected chi connectivity index (χ2v) is 8.74. The molecule has 0 spiro atoms. The third-order valence-electron chi connectivity index (χ3n) is 5.92. The molecule has 2 heterocycles. The second kappa shape index (κ2) is 9.44. The first-order chi connectivity index (χ1) is 15.3. The molecule has 2 unspecified atom stereocenters. The topological polar surface area (TPSA) is 92.7 Å². The maximum absolute atomic E-state index is 12.9. The fourth-order valence-electron chi connectivity index (χ4n) is 4.31. The number of benzene rings is 1. The van der Waals surface area contributed by atoms with Gasteiger partial charge in [-0.05, 0) is 30.2 Å². The number of halogens is 2. The molecule has 2 aliphatic rings. The van der Waals surface area contributed by atoms with Crippen molar-refractivity contribution in [3.05, 3.63) is 79.7 Å². The van der Waals surface area contributed by atoms with Crippen LogP contribution in [0.4, 0.5) is 5.69 Å². The molecule has 2 atom stereocenters. The van der Waals surface area contributed by atoms with Gasteiger partial charge in [0, 0.05) is 55.1 Å². The highest BCUT2D eigenvalue weighted by Gasteiger charge is 2.36. The smallest absolute Gasteiger partial charge is 0.344 e. The largest absolute Gasteiger partial charge is 0.353 e. The number of aromatic nitrogens is 1. The minimum Gasteiger partial charge on any atom is -0.353 e. The van der Waals surface area contributed by atoms with Crippen LogP contribution in [0.25, 0.3) is 0 Å². The Hall–Kier alpha value is -2.68. The monoisotopic (exact) mass is 476 g/mol. The van der Waals surface area contributed by atoms with Crippen LogP contribution in [0, 0.1) is 23.0 Å². The van der Waals surface area contributed by atoms with Crippen molar-refractivity contribution in [3.8, 4) is 0 Å². The zero-order valence-corrected chi connectivity index (χ0v) is 18.9. The van der Waals surface area contributed by atoms with Crippen molar-refractivity contribution in [1.82, 2.24) is 15.0 Å². The van der Waals surface area contributed by atoms with E-state index < -0.39 is 10.8 Å². The van der Waals surface area contributed by atoms with E-state index in [0.717, 1.165) is 17.0 Å². The molecule has 8 nitrogen and oxygen atoms in total. The lowest BCUT2D eigenvalue weighted by atomic mass is 9.86. The zero-order chi connectivity index (χ0) is 22.8. The van der Waals surface area contributed by atoms with Gasteiger partial charge in [0.1, 0.15) is 0 Å². The summed E-state index contributed by atoms with van der Waals surface area (Å²) in [6.07, 6.45) is 6.87. The molecule has 1 amide bonds. The van der Waals surface area contributed by atoms with Gasteiger partial charge in [0.05, 0.1) is 4.92 Å². The lowest BCUT2D eigenvalue weighted by Gasteiger charge is -2.42. The molecule has 32 heavy (non-hydrogen) atoms. The van der Waals surface area contributed by atoms with Gasteiger partial charge in [-0.3, -0.25) is 19.8 Å². The number of hydrogen-bond donors (Lipinski definition) is 0. The third-order valence-corrected chi connectivity index (χ3v) is 6.45. The summed E-state index contributed by atoms with van der Waals surface area (Å²) in [5.74, 6) is -0.237. The van der Waals surface area contributed by atoms with Crippen molar-refractivity contribution >= 4 is 34.8 Å². The van der Waals surface area contributed by atoms with Crippen LogP contribution in [0.15, 0.2) is 52.0 Å². The Labute approximate surface area is 195 Å². The van der Waals surface area contributed by atoms with Crippen LogP contribution in [-0.4, -0.2) is 52.0 Å². The number of aryl methyl sites for hydroxylation is 1. The van der Waals surface area contributed by atoms with E-state index in [-0.39, 0.29) is 29.1 Å². The van der Waals surface area contributed by atoms with E-state index >= 15 is 0 Å². The van der Waals surface area contributed by atoms with E-state index in [4.69, 9.17) is 27.7 Å². The number of carbonyl (C=O) groups excluding carboxylic acids is 1. The van der Waals surface area contributed by atoms with Crippen molar-refractivity contribution < 1.29 is 14.2 Å². The Kier molecular flexibility index (Phi) is 6.64. The normalized spacial score (nSPS) is 20.2. The molecule has 1 saturated heterocycles. The average molecular weight is 477 g/mol. The van der Waals surface area contributed by atoms with Gasteiger partial charge in [-0.15, -0.1) is 0 Å². The first-order valence-corrected chi connectivity index (χ1v) is 11.0. The number of amides is 1. The molecule has 1 aliphatic carbocycles. The molecule has 1 fully saturated rings. The molecule has 0 radical (unpaired) electrons. The van der Waals surface area contributed by atoms with E-state index in [1.807, 2.05) is 36.4 Å². The van der Waals surface area contributed by atoms with Crippen LogP contribution in [0.2, 0.25) is 5.02 Å². The lowest BCUT2D eigenvalue weighted by Crippen LogP contribution is -2.50. The fourth-order valence-corrected chi connectivity index (χ4v) is 4.60. The number of piperazine rings is 1. The highest BCUT2D eigenvalue weighted by Crippen LogP contribution is 2.36. The molecule has 10 heteroatoms. The summed E-state index contributed by atoms with van der Waals surface area (Å²) >= 11 is 12.2.